The van der Waals surface area contributed by atoms with E-state index in [2.05, 4.69) is 45.7 Å². The van der Waals surface area contributed by atoms with E-state index >= 15 is 8.42 Å². The molecule has 13 heteroatoms. The number of nitrogens with zero attached hydrogens (tertiary/aromatic N) is 4. The molecule has 0 bridgehead atoms. The molecule has 2 amide bonds. The van der Waals surface area contributed by atoms with Gasteiger partial charge in [-0.1, -0.05) is 129 Å². The molecule has 336 valence electrons. The fourth-order valence-corrected chi connectivity index (χ4v) is 12.1. The van der Waals surface area contributed by atoms with Gasteiger partial charge in [0.05, 0.1) is 17.7 Å². The third-order valence-electron chi connectivity index (χ3n) is 13.6. The number of anilines is 1. The first-order valence-electron chi connectivity index (χ1n) is 22.4. The van der Waals surface area contributed by atoms with E-state index < -0.39 is 39.0 Å². The third kappa shape index (κ3) is 8.60. The van der Waals surface area contributed by atoms with E-state index in [9.17, 15) is 24.3 Å². The van der Waals surface area contributed by atoms with Gasteiger partial charge in [0.2, 0.25) is 21.8 Å². The number of amides is 2. The summed E-state index contributed by atoms with van der Waals surface area (Å²) >= 11 is 0. The number of piperidine rings is 1. The Hall–Kier alpha value is -5.76. The van der Waals surface area contributed by atoms with E-state index in [0.29, 0.717) is 24.8 Å². The summed E-state index contributed by atoms with van der Waals surface area (Å²) < 4.78 is 35.1. The highest BCUT2D eigenvalue weighted by Gasteiger charge is 2.55. The second-order valence-corrected chi connectivity index (χ2v) is 19.0. The van der Waals surface area contributed by atoms with Crippen LogP contribution < -0.4 is 9.62 Å². The number of aromatic nitrogens is 2. The molecule has 4 aromatic carbocycles. The van der Waals surface area contributed by atoms with Gasteiger partial charge in [0.15, 0.2) is 5.66 Å². The maximum atomic E-state index is 15.1. The average Bonchev–Trinajstić information content (AvgIpc) is 3.97. The van der Waals surface area contributed by atoms with Crippen molar-refractivity contribution in [2.75, 3.05) is 18.0 Å². The van der Waals surface area contributed by atoms with Gasteiger partial charge in [0.25, 0.3) is 0 Å². The molecule has 1 saturated carbocycles. The second-order valence-electron chi connectivity index (χ2n) is 17.3. The Labute approximate surface area is 376 Å². The van der Waals surface area contributed by atoms with Crippen LogP contribution in [0.3, 0.4) is 0 Å². The predicted octanol–water partition coefficient (Wildman–Crippen LogP) is 8.53. The lowest BCUT2D eigenvalue weighted by molar-refractivity contribution is -0.158. The zero-order valence-corrected chi connectivity index (χ0v) is 38.0. The SMILES string of the molecule is CCC1CC(NS(=O)(=O)c2cccc(C3CCCC3)c2N(C(C)=O)C(C)=O)(C(=O)O)N(CCCCC=O)CC1c1ncn(C(c2ccccc2)(c2ccccc2)c2ccccc2)c1C. The lowest BCUT2D eigenvalue weighted by Crippen LogP contribution is -2.69. The number of rotatable bonds is 17. The van der Waals surface area contributed by atoms with E-state index in [1.807, 2.05) is 74.8 Å². The van der Waals surface area contributed by atoms with Gasteiger partial charge in [-0.3, -0.25) is 14.5 Å². The molecule has 1 aromatic heterocycles. The molecule has 7 rings (SSSR count). The molecule has 2 N–H and O–H groups in total. The molecule has 1 aliphatic heterocycles. The summed E-state index contributed by atoms with van der Waals surface area (Å²) in [5.41, 5.74) is 2.30. The van der Waals surface area contributed by atoms with Crippen LogP contribution in [-0.4, -0.2) is 70.8 Å². The topological polar surface area (TPSA) is 159 Å². The van der Waals surface area contributed by atoms with Crippen molar-refractivity contribution in [1.29, 1.82) is 0 Å². The Morgan fingerprint density at radius 2 is 1.42 bits per heavy atom. The van der Waals surface area contributed by atoms with E-state index in [1.165, 1.54) is 19.9 Å². The molecule has 3 unspecified atom stereocenters. The normalized spacial score (nSPS) is 19.6. The van der Waals surface area contributed by atoms with Crippen LogP contribution >= 0.6 is 0 Å². The summed E-state index contributed by atoms with van der Waals surface area (Å²) in [7, 11) is -4.75. The quantitative estimate of drug-likeness (QED) is 0.0530. The molecule has 12 nitrogen and oxygen atoms in total. The van der Waals surface area contributed by atoms with Gasteiger partial charge in [0, 0.05) is 45.0 Å². The van der Waals surface area contributed by atoms with Gasteiger partial charge in [-0.05, 0) is 79.2 Å². The van der Waals surface area contributed by atoms with Crippen molar-refractivity contribution in [3.8, 4) is 0 Å². The van der Waals surface area contributed by atoms with Gasteiger partial charge in [-0.15, -0.1) is 0 Å². The number of likely N-dealkylation sites (tertiary alicyclic amines) is 1. The number of nitrogens with one attached hydrogen (secondary N) is 1. The van der Waals surface area contributed by atoms with Crippen molar-refractivity contribution in [2.45, 2.75) is 113 Å². The first kappa shape index (κ1) is 46.2. The number of hydrogen-bond acceptors (Lipinski definition) is 8. The van der Waals surface area contributed by atoms with Crippen molar-refractivity contribution in [3.05, 3.63) is 149 Å². The number of carboxylic acids is 1. The molecular formula is C51H59N5O7S. The highest BCUT2D eigenvalue weighted by molar-refractivity contribution is 7.89. The number of carboxylic acid groups (broad SMARTS) is 1. The number of hydrogen-bond donors (Lipinski definition) is 2. The lowest BCUT2D eigenvalue weighted by Gasteiger charge is -2.50. The zero-order valence-electron chi connectivity index (χ0n) is 37.2. The van der Waals surface area contributed by atoms with Crippen molar-refractivity contribution < 1.29 is 32.7 Å². The molecule has 3 atom stereocenters. The monoisotopic (exact) mass is 885 g/mol. The largest absolute Gasteiger partial charge is 0.479 e. The molecule has 1 saturated heterocycles. The molecule has 1 aliphatic carbocycles. The van der Waals surface area contributed by atoms with Crippen LogP contribution in [-0.2, 0) is 34.7 Å². The van der Waals surface area contributed by atoms with Crippen LogP contribution in [0.15, 0.2) is 120 Å². The van der Waals surface area contributed by atoms with E-state index in [-0.39, 0.29) is 54.3 Å². The summed E-state index contributed by atoms with van der Waals surface area (Å²) in [4.78, 5) is 59.2. The fraction of sp³-hybridized carbons (Fsp3) is 0.392. The second kappa shape index (κ2) is 19.5. The van der Waals surface area contributed by atoms with Crippen LogP contribution in [0.2, 0.25) is 0 Å². The molecule has 2 fully saturated rings. The Balaban J connectivity index is 1.36. The molecule has 64 heavy (non-hydrogen) atoms. The zero-order chi connectivity index (χ0) is 45.6. The van der Waals surface area contributed by atoms with Crippen LogP contribution in [0.5, 0.6) is 0 Å². The van der Waals surface area contributed by atoms with Crippen molar-refractivity contribution in [2.24, 2.45) is 5.92 Å². The lowest BCUT2D eigenvalue weighted by atomic mass is 9.74. The van der Waals surface area contributed by atoms with Crippen LogP contribution in [0.4, 0.5) is 5.69 Å². The number of aliphatic carboxylic acids is 1. The minimum absolute atomic E-state index is 0.0272. The molecular weight excluding hydrogens is 827 g/mol. The van der Waals surface area contributed by atoms with E-state index in [0.717, 1.165) is 64.9 Å². The third-order valence-corrected chi connectivity index (χ3v) is 15.1. The van der Waals surface area contributed by atoms with E-state index in [4.69, 9.17) is 4.98 Å². The number of sulfonamides is 1. The number of carbonyl (C=O) groups excluding carboxylic acids is 3. The Morgan fingerprint density at radius 3 is 1.92 bits per heavy atom. The number of benzene rings is 4. The predicted molar refractivity (Wildman–Crippen MR) is 246 cm³/mol. The maximum absolute atomic E-state index is 15.1. The van der Waals surface area contributed by atoms with Crippen LogP contribution in [0.25, 0.3) is 0 Å². The number of imidazole rings is 1. The van der Waals surface area contributed by atoms with E-state index in [1.54, 1.807) is 17.0 Å². The minimum atomic E-state index is -4.75. The summed E-state index contributed by atoms with van der Waals surface area (Å²) in [6.45, 7) is 6.77. The van der Waals surface area contributed by atoms with Gasteiger partial charge in [-0.2, -0.15) is 4.72 Å². The molecule has 2 heterocycles. The number of unbranched alkanes of at least 4 members (excludes halogenated alkanes) is 2. The van der Waals surface area contributed by atoms with Crippen LogP contribution in [0, 0.1) is 12.8 Å². The number of carbonyl (C=O) groups is 4. The number of aldehydes is 1. The highest BCUT2D eigenvalue weighted by atomic mass is 32.2. The number of imide groups is 1. The smallest absolute Gasteiger partial charge is 0.340 e. The van der Waals surface area contributed by atoms with Crippen molar-refractivity contribution >= 4 is 39.8 Å². The van der Waals surface area contributed by atoms with Gasteiger partial charge in [-0.25, -0.2) is 23.1 Å². The first-order chi connectivity index (χ1) is 30.8. The standard InChI is InChI=1S/C51H59N5O7S/c1-5-39-33-50(49(60)61,53-64(62,63)46-30-20-29-44(40-21-16-17-22-40)48(46)56(37(3)58)38(4)59)54(31-18-9-19-32-57)34-45(39)47-36(2)55(35-52-47)51(41-23-10-6-11-24-41,42-25-12-7-13-26-42)43-27-14-8-15-28-43/h6-8,10-15,20,23-30,32,35,39-40,45,53H,5,9,16-19,21-22,31,33-34H2,1-4H3,(H,60,61). The Bertz CT molecular complexity index is 2450. The molecule has 0 radical (unpaired) electrons. The Morgan fingerprint density at radius 1 is 0.859 bits per heavy atom. The first-order valence-corrected chi connectivity index (χ1v) is 23.9. The van der Waals surface area contributed by atoms with Crippen LogP contribution in [0.1, 0.15) is 124 Å². The molecule has 0 spiro atoms. The summed E-state index contributed by atoms with van der Waals surface area (Å²) in [6.07, 6.45) is 7.64. The van der Waals surface area contributed by atoms with Gasteiger partial charge >= 0.3 is 5.97 Å². The van der Waals surface area contributed by atoms with Gasteiger partial charge in [0.1, 0.15) is 16.7 Å². The van der Waals surface area contributed by atoms with Gasteiger partial charge < -0.3 is 14.5 Å². The summed E-state index contributed by atoms with van der Waals surface area (Å²) in [5, 5.41) is 11.4. The van der Waals surface area contributed by atoms with Crippen molar-refractivity contribution in [1.82, 2.24) is 19.2 Å². The average molecular weight is 886 g/mol. The Kier molecular flexibility index (Phi) is 14.1. The summed E-state index contributed by atoms with van der Waals surface area (Å²) in [6, 6.07) is 35.5. The fourth-order valence-electron chi connectivity index (χ4n) is 10.6. The molecule has 2 aliphatic rings. The maximum Gasteiger partial charge on any atom is 0.340 e. The molecule has 5 aromatic rings. The highest BCUT2D eigenvalue weighted by Crippen LogP contribution is 2.47. The summed E-state index contributed by atoms with van der Waals surface area (Å²) in [5.74, 6) is -3.41. The minimum Gasteiger partial charge on any atom is -0.479 e. The van der Waals surface area contributed by atoms with Crippen molar-refractivity contribution in [3.63, 3.8) is 0 Å². The number of para-hydroxylation sites is 1.